The van der Waals surface area contributed by atoms with E-state index in [0.29, 0.717) is 12.5 Å². The van der Waals surface area contributed by atoms with Crippen LogP contribution in [0.3, 0.4) is 0 Å². The molecular weight excluding hydrogens is 160 g/mol. The largest absolute Gasteiger partial charge is 0.396 e. The van der Waals surface area contributed by atoms with Crippen molar-refractivity contribution in [2.75, 3.05) is 6.61 Å². The molecule has 0 heterocycles. The van der Waals surface area contributed by atoms with Crippen LogP contribution in [0.15, 0.2) is 0 Å². The molecule has 0 aromatic rings. The van der Waals surface area contributed by atoms with Crippen molar-refractivity contribution in [3.63, 3.8) is 0 Å². The van der Waals surface area contributed by atoms with Crippen molar-refractivity contribution >= 4 is 0 Å². The highest BCUT2D eigenvalue weighted by atomic mass is 16.3. The average molecular weight is 186 g/mol. The molecule has 0 rings (SSSR count). The summed E-state index contributed by atoms with van der Waals surface area (Å²) >= 11 is 0. The summed E-state index contributed by atoms with van der Waals surface area (Å²) in [6.45, 7) is 7.12. The lowest BCUT2D eigenvalue weighted by Gasteiger charge is -2.12. The second-order valence-corrected chi connectivity index (χ2v) is 4.52. The SMILES string of the molecule is CCC[C@H](CO)CCCCC(C)C. The minimum Gasteiger partial charge on any atom is -0.396 e. The molecule has 0 fully saturated rings. The quantitative estimate of drug-likeness (QED) is 0.574. The van der Waals surface area contributed by atoms with Gasteiger partial charge in [-0.05, 0) is 24.7 Å². The molecule has 0 saturated heterocycles. The van der Waals surface area contributed by atoms with Gasteiger partial charge in [0.05, 0.1) is 0 Å². The van der Waals surface area contributed by atoms with E-state index in [-0.39, 0.29) is 0 Å². The molecule has 1 atom stereocenters. The van der Waals surface area contributed by atoms with Crippen LogP contribution in [0.4, 0.5) is 0 Å². The van der Waals surface area contributed by atoms with Crippen LogP contribution >= 0.6 is 0 Å². The summed E-state index contributed by atoms with van der Waals surface area (Å²) in [7, 11) is 0. The smallest absolute Gasteiger partial charge is 0.0459 e. The molecule has 0 unspecified atom stereocenters. The molecular formula is C12H26O. The van der Waals surface area contributed by atoms with Gasteiger partial charge in [-0.15, -0.1) is 0 Å². The van der Waals surface area contributed by atoms with Gasteiger partial charge in [-0.3, -0.25) is 0 Å². The van der Waals surface area contributed by atoms with Crippen LogP contribution in [0.1, 0.15) is 59.3 Å². The highest BCUT2D eigenvalue weighted by molar-refractivity contribution is 4.57. The Balaban J connectivity index is 3.27. The van der Waals surface area contributed by atoms with Crippen LogP contribution in [-0.4, -0.2) is 11.7 Å². The molecule has 0 saturated carbocycles. The molecule has 0 radical (unpaired) electrons. The second-order valence-electron chi connectivity index (χ2n) is 4.52. The van der Waals surface area contributed by atoms with Gasteiger partial charge in [-0.1, -0.05) is 46.5 Å². The van der Waals surface area contributed by atoms with Crippen LogP contribution in [0.2, 0.25) is 0 Å². The summed E-state index contributed by atoms with van der Waals surface area (Å²) in [5.74, 6) is 1.40. The highest BCUT2D eigenvalue weighted by Gasteiger charge is 2.05. The third-order valence-corrected chi connectivity index (χ3v) is 2.60. The molecule has 13 heavy (non-hydrogen) atoms. The van der Waals surface area contributed by atoms with Crippen molar-refractivity contribution in [2.24, 2.45) is 11.8 Å². The second kappa shape index (κ2) is 8.55. The van der Waals surface area contributed by atoms with Crippen molar-refractivity contribution in [3.8, 4) is 0 Å². The summed E-state index contributed by atoms with van der Waals surface area (Å²) < 4.78 is 0. The fraction of sp³-hybridized carbons (Fsp3) is 1.00. The first-order valence-electron chi connectivity index (χ1n) is 5.81. The van der Waals surface area contributed by atoms with E-state index in [9.17, 15) is 0 Å². The number of unbranched alkanes of at least 4 members (excludes halogenated alkanes) is 1. The zero-order valence-corrected chi connectivity index (χ0v) is 9.55. The summed E-state index contributed by atoms with van der Waals surface area (Å²) in [4.78, 5) is 0. The van der Waals surface area contributed by atoms with Crippen LogP contribution < -0.4 is 0 Å². The first-order valence-corrected chi connectivity index (χ1v) is 5.81. The Morgan fingerprint density at radius 1 is 1.00 bits per heavy atom. The molecule has 0 aromatic carbocycles. The summed E-state index contributed by atoms with van der Waals surface area (Å²) in [5, 5.41) is 9.07. The van der Waals surface area contributed by atoms with Gasteiger partial charge in [0.15, 0.2) is 0 Å². The van der Waals surface area contributed by atoms with Gasteiger partial charge in [0.1, 0.15) is 0 Å². The first kappa shape index (κ1) is 13.0. The molecule has 0 aliphatic rings. The van der Waals surface area contributed by atoms with E-state index in [1.165, 1.54) is 38.5 Å². The Morgan fingerprint density at radius 2 is 1.62 bits per heavy atom. The van der Waals surface area contributed by atoms with Crippen molar-refractivity contribution in [1.29, 1.82) is 0 Å². The Morgan fingerprint density at radius 3 is 2.08 bits per heavy atom. The molecule has 80 valence electrons. The molecule has 0 aliphatic heterocycles. The molecule has 0 aromatic heterocycles. The number of rotatable bonds is 8. The number of hydrogen-bond donors (Lipinski definition) is 1. The van der Waals surface area contributed by atoms with Gasteiger partial charge in [-0.25, -0.2) is 0 Å². The van der Waals surface area contributed by atoms with E-state index in [4.69, 9.17) is 5.11 Å². The lowest BCUT2D eigenvalue weighted by Crippen LogP contribution is -2.05. The predicted molar refractivity (Wildman–Crippen MR) is 58.8 cm³/mol. The van der Waals surface area contributed by atoms with Crippen LogP contribution in [0, 0.1) is 11.8 Å². The Labute approximate surface area is 83.5 Å². The topological polar surface area (TPSA) is 20.2 Å². The zero-order valence-electron chi connectivity index (χ0n) is 9.55. The molecule has 0 amide bonds. The average Bonchev–Trinajstić information content (AvgIpc) is 2.10. The van der Waals surface area contributed by atoms with Crippen molar-refractivity contribution in [2.45, 2.75) is 59.3 Å². The van der Waals surface area contributed by atoms with E-state index in [1.807, 2.05) is 0 Å². The summed E-state index contributed by atoms with van der Waals surface area (Å²) in [5.41, 5.74) is 0. The fourth-order valence-electron chi connectivity index (χ4n) is 1.72. The number of aliphatic hydroxyl groups is 1. The zero-order chi connectivity index (χ0) is 10.1. The summed E-state index contributed by atoms with van der Waals surface area (Å²) in [6, 6.07) is 0. The minimum absolute atomic E-state index is 0.384. The Kier molecular flexibility index (Phi) is 8.53. The van der Waals surface area contributed by atoms with Gasteiger partial charge in [0.25, 0.3) is 0 Å². The first-order chi connectivity index (χ1) is 6.20. The van der Waals surface area contributed by atoms with Gasteiger partial charge >= 0.3 is 0 Å². The number of hydrogen-bond acceptors (Lipinski definition) is 1. The molecule has 1 nitrogen and oxygen atoms in total. The van der Waals surface area contributed by atoms with Gasteiger partial charge in [0, 0.05) is 6.61 Å². The lowest BCUT2D eigenvalue weighted by atomic mass is 9.96. The fourth-order valence-corrected chi connectivity index (χ4v) is 1.72. The van der Waals surface area contributed by atoms with Crippen LogP contribution in [-0.2, 0) is 0 Å². The maximum absolute atomic E-state index is 9.07. The molecule has 0 bridgehead atoms. The van der Waals surface area contributed by atoms with Gasteiger partial charge in [-0.2, -0.15) is 0 Å². The van der Waals surface area contributed by atoms with Crippen molar-refractivity contribution in [1.82, 2.24) is 0 Å². The van der Waals surface area contributed by atoms with Crippen LogP contribution in [0.5, 0.6) is 0 Å². The third-order valence-electron chi connectivity index (χ3n) is 2.60. The third kappa shape index (κ3) is 8.29. The highest BCUT2D eigenvalue weighted by Crippen LogP contribution is 2.16. The number of aliphatic hydroxyl groups excluding tert-OH is 1. The van der Waals surface area contributed by atoms with E-state index >= 15 is 0 Å². The van der Waals surface area contributed by atoms with E-state index < -0.39 is 0 Å². The Bertz CT molecular complexity index is 99.3. The summed E-state index contributed by atoms with van der Waals surface area (Å²) in [6.07, 6.45) is 7.58. The predicted octanol–water partition coefficient (Wildman–Crippen LogP) is 3.61. The normalized spacial score (nSPS) is 13.6. The van der Waals surface area contributed by atoms with Crippen LogP contribution in [0.25, 0.3) is 0 Å². The van der Waals surface area contributed by atoms with E-state index in [2.05, 4.69) is 20.8 Å². The molecule has 1 N–H and O–H groups in total. The molecule has 0 aliphatic carbocycles. The van der Waals surface area contributed by atoms with Gasteiger partial charge in [0.2, 0.25) is 0 Å². The maximum atomic E-state index is 9.07. The minimum atomic E-state index is 0.384. The monoisotopic (exact) mass is 186 g/mol. The Hall–Kier alpha value is -0.0400. The molecule has 0 spiro atoms. The van der Waals surface area contributed by atoms with E-state index in [0.717, 1.165) is 5.92 Å². The standard InChI is InChI=1S/C12H26O/c1-4-7-12(10-13)9-6-5-8-11(2)3/h11-13H,4-10H2,1-3H3/t12-/m0/s1. The lowest BCUT2D eigenvalue weighted by molar-refractivity contribution is 0.206. The molecule has 1 heteroatoms. The maximum Gasteiger partial charge on any atom is 0.0459 e. The van der Waals surface area contributed by atoms with Gasteiger partial charge < -0.3 is 5.11 Å². The van der Waals surface area contributed by atoms with Crippen molar-refractivity contribution in [3.05, 3.63) is 0 Å². The van der Waals surface area contributed by atoms with E-state index in [1.54, 1.807) is 0 Å². The van der Waals surface area contributed by atoms with Crippen molar-refractivity contribution < 1.29 is 5.11 Å².